The van der Waals surface area contributed by atoms with Gasteiger partial charge in [0.25, 0.3) is 0 Å². The molecule has 1 aromatic heterocycles. The topological polar surface area (TPSA) is 59.8 Å². The van der Waals surface area contributed by atoms with Crippen molar-refractivity contribution in [1.82, 2.24) is 14.8 Å². The Bertz CT molecular complexity index is 279. The second-order valence-electron chi connectivity index (χ2n) is 2.89. The highest BCUT2D eigenvalue weighted by Crippen LogP contribution is 1.99. The van der Waals surface area contributed by atoms with Gasteiger partial charge in [-0.2, -0.15) is 0 Å². The number of carbonyl (C=O) groups excluding carboxylic acids is 1. The van der Waals surface area contributed by atoms with Crippen molar-refractivity contribution in [2.45, 2.75) is 13.8 Å². The van der Waals surface area contributed by atoms with Crippen LogP contribution in [0.1, 0.15) is 13.8 Å². The van der Waals surface area contributed by atoms with Gasteiger partial charge in [-0.25, -0.2) is 4.98 Å². The number of amides is 1. The molecule has 0 saturated heterocycles. The minimum atomic E-state index is -0.0683. The number of carbonyl (C=O) groups is 1. The maximum atomic E-state index is 11.1. The minimum absolute atomic E-state index is 0.0474. The molecule has 1 aromatic rings. The summed E-state index contributed by atoms with van der Waals surface area (Å²) in [6.45, 7) is 3.64. The van der Waals surface area contributed by atoms with Crippen LogP contribution in [0.2, 0.25) is 0 Å². The Morgan fingerprint density at radius 2 is 2.33 bits per heavy atom. The molecule has 0 fully saturated rings. The Morgan fingerprint density at radius 1 is 1.67 bits per heavy atom. The van der Waals surface area contributed by atoms with Crippen molar-refractivity contribution in [3.63, 3.8) is 0 Å². The van der Waals surface area contributed by atoms with Crippen LogP contribution in [0.4, 0.5) is 5.95 Å². The molecule has 0 aliphatic heterocycles. The van der Waals surface area contributed by atoms with E-state index in [1.165, 1.54) is 11.0 Å². The molecule has 0 bridgehead atoms. The van der Waals surface area contributed by atoms with Crippen LogP contribution in [-0.4, -0.2) is 20.7 Å². The van der Waals surface area contributed by atoms with Crippen LogP contribution in [0.3, 0.4) is 0 Å². The number of nitrogens with one attached hydrogen (secondary N) is 1. The molecule has 5 heteroatoms. The Labute approximate surface area is 70.8 Å². The lowest BCUT2D eigenvalue weighted by molar-refractivity contribution is -0.118. The van der Waals surface area contributed by atoms with Crippen molar-refractivity contribution < 1.29 is 4.79 Å². The number of hydrogen-bond donors (Lipinski definition) is 1. The van der Waals surface area contributed by atoms with E-state index in [0.717, 1.165) is 0 Å². The van der Waals surface area contributed by atoms with Gasteiger partial charge >= 0.3 is 0 Å². The van der Waals surface area contributed by atoms with Crippen molar-refractivity contribution in [2.24, 2.45) is 13.0 Å². The fraction of sp³-hybridized carbons (Fsp3) is 0.571. The molecule has 1 rings (SSSR count). The zero-order chi connectivity index (χ0) is 9.14. The fourth-order valence-electron chi connectivity index (χ4n) is 0.651. The van der Waals surface area contributed by atoms with E-state index in [1.54, 1.807) is 7.05 Å². The first kappa shape index (κ1) is 8.70. The standard InChI is InChI=1S/C7H12N4O/c1-5(2)6(12)9-7-8-4-11(3)10-7/h4-5H,1-3H3,(H,9,10,12). The van der Waals surface area contributed by atoms with Crippen molar-refractivity contribution >= 4 is 11.9 Å². The number of anilines is 1. The molecule has 5 nitrogen and oxygen atoms in total. The highest BCUT2D eigenvalue weighted by atomic mass is 16.2. The largest absolute Gasteiger partial charge is 0.293 e. The molecule has 0 aliphatic rings. The molecule has 0 saturated carbocycles. The first-order valence-electron chi connectivity index (χ1n) is 3.76. The van der Waals surface area contributed by atoms with Gasteiger partial charge in [0.05, 0.1) is 0 Å². The molecule has 1 amide bonds. The smallest absolute Gasteiger partial charge is 0.248 e. The summed E-state index contributed by atoms with van der Waals surface area (Å²) >= 11 is 0. The molecule has 1 N–H and O–H groups in total. The molecule has 0 atom stereocenters. The van der Waals surface area contributed by atoms with Gasteiger partial charge in [0.2, 0.25) is 11.9 Å². The maximum Gasteiger partial charge on any atom is 0.248 e. The van der Waals surface area contributed by atoms with Crippen LogP contribution in [-0.2, 0) is 11.8 Å². The summed E-state index contributed by atoms with van der Waals surface area (Å²) in [6.07, 6.45) is 1.54. The van der Waals surface area contributed by atoms with Gasteiger partial charge in [0.15, 0.2) is 0 Å². The molecule has 12 heavy (non-hydrogen) atoms. The highest BCUT2D eigenvalue weighted by molar-refractivity contribution is 5.90. The van der Waals surface area contributed by atoms with Gasteiger partial charge in [0, 0.05) is 13.0 Å². The van der Waals surface area contributed by atoms with Crippen LogP contribution in [0, 0.1) is 5.92 Å². The average molecular weight is 168 g/mol. The van der Waals surface area contributed by atoms with E-state index in [1.807, 2.05) is 13.8 Å². The first-order chi connectivity index (χ1) is 5.59. The summed E-state index contributed by atoms with van der Waals surface area (Å²) in [5.41, 5.74) is 0. The van der Waals surface area contributed by atoms with E-state index in [9.17, 15) is 4.79 Å². The van der Waals surface area contributed by atoms with Gasteiger partial charge in [-0.05, 0) is 0 Å². The van der Waals surface area contributed by atoms with Gasteiger partial charge in [-0.15, -0.1) is 5.10 Å². The highest BCUT2D eigenvalue weighted by Gasteiger charge is 2.08. The third-order valence-electron chi connectivity index (χ3n) is 1.36. The minimum Gasteiger partial charge on any atom is -0.293 e. The van der Waals surface area contributed by atoms with Crippen LogP contribution in [0.5, 0.6) is 0 Å². The summed E-state index contributed by atoms with van der Waals surface area (Å²) < 4.78 is 1.54. The second kappa shape index (κ2) is 3.34. The maximum absolute atomic E-state index is 11.1. The zero-order valence-corrected chi connectivity index (χ0v) is 7.40. The predicted octanol–water partition coefficient (Wildman–Crippen LogP) is 0.410. The van der Waals surface area contributed by atoms with E-state index in [0.29, 0.717) is 5.95 Å². The summed E-state index contributed by atoms with van der Waals surface area (Å²) in [7, 11) is 1.75. The van der Waals surface area contributed by atoms with Gasteiger partial charge in [-0.1, -0.05) is 13.8 Å². The quantitative estimate of drug-likeness (QED) is 0.695. The molecule has 0 radical (unpaired) electrons. The molecular formula is C7H12N4O. The molecule has 0 aromatic carbocycles. The first-order valence-corrected chi connectivity index (χ1v) is 3.76. The lowest BCUT2D eigenvalue weighted by Crippen LogP contribution is -2.18. The lowest BCUT2D eigenvalue weighted by atomic mass is 10.2. The Kier molecular flexibility index (Phi) is 2.42. The number of nitrogens with zero attached hydrogens (tertiary/aromatic N) is 3. The molecule has 66 valence electrons. The average Bonchev–Trinajstić information content (AvgIpc) is 2.35. The van der Waals surface area contributed by atoms with E-state index in [-0.39, 0.29) is 11.8 Å². The molecule has 0 aliphatic carbocycles. The number of rotatable bonds is 2. The van der Waals surface area contributed by atoms with Crippen molar-refractivity contribution in [2.75, 3.05) is 5.32 Å². The lowest BCUT2D eigenvalue weighted by Gasteiger charge is -2.02. The van der Waals surface area contributed by atoms with E-state index in [4.69, 9.17) is 0 Å². The van der Waals surface area contributed by atoms with Crippen LogP contribution in [0.25, 0.3) is 0 Å². The van der Waals surface area contributed by atoms with Crippen LogP contribution in [0.15, 0.2) is 6.33 Å². The number of aryl methyl sites for hydroxylation is 1. The van der Waals surface area contributed by atoms with Crippen molar-refractivity contribution in [3.8, 4) is 0 Å². The summed E-state index contributed by atoms with van der Waals surface area (Å²) in [5.74, 6) is 0.242. The monoisotopic (exact) mass is 168 g/mol. The number of aromatic nitrogens is 3. The second-order valence-corrected chi connectivity index (χ2v) is 2.89. The van der Waals surface area contributed by atoms with E-state index < -0.39 is 0 Å². The third kappa shape index (κ3) is 2.05. The van der Waals surface area contributed by atoms with Crippen molar-refractivity contribution in [3.05, 3.63) is 6.33 Å². The summed E-state index contributed by atoms with van der Waals surface area (Å²) in [6, 6.07) is 0. The summed E-state index contributed by atoms with van der Waals surface area (Å²) in [4.78, 5) is 15.0. The molecular weight excluding hydrogens is 156 g/mol. The Morgan fingerprint density at radius 3 is 2.75 bits per heavy atom. The molecule has 1 heterocycles. The van der Waals surface area contributed by atoms with E-state index in [2.05, 4.69) is 15.4 Å². The Balaban J connectivity index is 2.58. The van der Waals surface area contributed by atoms with Gasteiger partial charge in [0.1, 0.15) is 6.33 Å². The van der Waals surface area contributed by atoms with Gasteiger partial charge < -0.3 is 0 Å². The fourth-order valence-corrected chi connectivity index (χ4v) is 0.651. The van der Waals surface area contributed by atoms with E-state index >= 15 is 0 Å². The third-order valence-corrected chi connectivity index (χ3v) is 1.36. The normalized spacial score (nSPS) is 10.3. The van der Waals surface area contributed by atoms with Crippen molar-refractivity contribution in [1.29, 1.82) is 0 Å². The summed E-state index contributed by atoms with van der Waals surface area (Å²) in [5, 5.41) is 6.49. The van der Waals surface area contributed by atoms with Crippen LogP contribution >= 0.6 is 0 Å². The van der Waals surface area contributed by atoms with Gasteiger partial charge in [-0.3, -0.25) is 14.8 Å². The molecule has 0 unspecified atom stereocenters. The molecule has 0 spiro atoms. The number of hydrogen-bond acceptors (Lipinski definition) is 3. The Hall–Kier alpha value is -1.39. The zero-order valence-electron chi connectivity index (χ0n) is 7.40. The van der Waals surface area contributed by atoms with Crippen LogP contribution < -0.4 is 5.32 Å². The SMILES string of the molecule is CC(C)C(=O)Nc1ncn(C)n1. The predicted molar refractivity (Wildman–Crippen MR) is 44.5 cm³/mol.